The predicted octanol–water partition coefficient (Wildman–Crippen LogP) is 4.59. The zero-order chi connectivity index (χ0) is 23.5. The molecule has 9 heteroatoms. The van der Waals surface area contributed by atoms with Crippen LogP contribution in [0.4, 0.5) is 14.5 Å². The molecule has 1 aliphatic heterocycles. The lowest BCUT2D eigenvalue weighted by Crippen LogP contribution is -2.20. The molecule has 0 bridgehead atoms. The summed E-state index contributed by atoms with van der Waals surface area (Å²) < 4.78 is 36.7. The van der Waals surface area contributed by atoms with E-state index >= 15 is 0 Å². The van der Waals surface area contributed by atoms with Gasteiger partial charge in [0.1, 0.15) is 0 Å². The van der Waals surface area contributed by atoms with Crippen molar-refractivity contribution in [1.82, 2.24) is 9.78 Å². The molecule has 7 nitrogen and oxygen atoms in total. The molecule has 0 saturated heterocycles. The number of anilines is 1. The van der Waals surface area contributed by atoms with E-state index in [1.54, 1.807) is 41.0 Å². The number of hydrogen-bond donors (Lipinski definition) is 0. The summed E-state index contributed by atoms with van der Waals surface area (Å²) in [5.74, 6) is -0.119. The van der Waals surface area contributed by atoms with Crippen LogP contribution in [0.5, 0.6) is 11.5 Å². The van der Waals surface area contributed by atoms with E-state index in [9.17, 15) is 13.6 Å². The maximum Gasteiger partial charge on any atom is 0.387 e. The minimum absolute atomic E-state index is 0.0957. The van der Waals surface area contributed by atoms with Crippen LogP contribution >= 0.6 is 0 Å². The molecule has 0 N–H and O–H groups in total. The van der Waals surface area contributed by atoms with Crippen molar-refractivity contribution in [2.24, 2.45) is 0 Å². The van der Waals surface area contributed by atoms with Gasteiger partial charge in [0.15, 0.2) is 11.5 Å². The number of benzene rings is 2. The van der Waals surface area contributed by atoms with Crippen molar-refractivity contribution in [1.29, 1.82) is 5.26 Å². The van der Waals surface area contributed by atoms with Gasteiger partial charge in [-0.1, -0.05) is 18.2 Å². The van der Waals surface area contributed by atoms with E-state index < -0.39 is 6.61 Å². The first-order chi connectivity index (χ1) is 15.9. The molecule has 0 fully saturated rings. The highest BCUT2D eigenvalue weighted by Crippen LogP contribution is 2.39. The fraction of sp³-hybridized carbons (Fsp3) is 0.208. The molecule has 0 saturated carbocycles. The third-order valence-corrected chi connectivity index (χ3v) is 5.29. The minimum Gasteiger partial charge on any atom is -0.493 e. The van der Waals surface area contributed by atoms with Gasteiger partial charge >= 0.3 is 6.61 Å². The quantitative estimate of drug-likeness (QED) is 0.492. The number of fused-ring (bicyclic) bond motifs is 1. The Labute approximate surface area is 189 Å². The molecule has 2 heterocycles. The molecule has 0 radical (unpaired) electrons. The maximum atomic E-state index is 12.9. The monoisotopic (exact) mass is 450 g/mol. The first-order valence-corrected chi connectivity index (χ1v) is 10.1. The second-order valence-corrected chi connectivity index (χ2v) is 7.29. The number of nitrogens with zero attached hydrogens (tertiary/aromatic N) is 4. The number of alkyl halides is 2. The van der Waals surface area contributed by atoms with Crippen molar-refractivity contribution in [2.45, 2.75) is 19.6 Å². The van der Waals surface area contributed by atoms with Crippen LogP contribution in [0.1, 0.15) is 17.5 Å². The van der Waals surface area contributed by atoms with Crippen LogP contribution in [0.2, 0.25) is 0 Å². The number of likely N-dealkylation sites (N-methyl/N-ethyl adjacent to an activating group) is 1. The van der Waals surface area contributed by atoms with E-state index in [1.807, 2.05) is 24.3 Å². The minimum atomic E-state index is -2.99. The van der Waals surface area contributed by atoms with Crippen LogP contribution in [0.3, 0.4) is 0 Å². The number of nitriles is 1. The second-order valence-electron chi connectivity index (χ2n) is 7.29. The summed E-state index contributed by atoms with van der Waals surface area (Å²) in [5, 5.41) is 13.5. The molecule has 33 heavy (non-hydrogen) atoms. The Bertz CT molecular complexity index is 1280. The Hall–Kier alpha value is -4.19. The summed E-state index contributed by atoms with van der Waals surface area (Å²) in [5.41, 5.74) is 3.87. The Balaban J connectivity index is 1.82. The van der Waals surface area contributed by atoms with Crippen molar-refractivity contribution < 1.29 is 23.0 Å². The lowest BCUT2D eigenvalue weighted by molar-refractivity contribution is -0.112. The van der Waals surface area contributed by atoms with Crippen molar-refractivity contribution in [3.8, 4) is 28.8 Å². The summed E-state index contributed by atoms with van der Waals surface area (Å²) in [7, 11) is 3.07. The molecule has 2 aromatic carbocycles. The van der Waals surface area contributed by atoms with Crippen molar-refractivity contribution in [3.05, 3.63) is 59.8 Å². The smallest absolute Gasteiger partial charge is 0.387 e. The fourth-order valence-electron chi connectivity index (χ4n) is 3.75. The third-order valence-electron chi connectivity index (χ3n) is 5.29. The largest absolute Gasteiger partial charge is 0.493 e. The van der Waals surface area contributed by atoms with Gasteiger partial charge in [0.05, 0.1) is 37.5 Å². The van der Waals surface area contributed by atoms with E-state index in [0.717, 1.165) is 11.3 Å². The molecular weight excluding hydrogens is 430 g/mol. The summed E-state index contributed by atoms with van der Waals surface area (Å²) in [6, 6.07) is 14.1. The van der Waals surface area contributed by atoms with E-state index in [2.05, 4.69) is 15.9 Å². The number of carbonyl (C=O) groups excluding carboxylic acids is 1. The predicted molar refractivity (Wildman–Crippen MR) is 119 cm³/mol. The average molecular weight is 450 g/mol. The highest BCUT2D eigenvalue weighted by molar-refractivity contribution is 6.35. The molecular formula is C24H20F2N4O3. The van der Waals surface area contributed by atoms with E-state index in [-0.39, 0.29) is 23.8 Å². The number of para-hydroxylation sites is 1. The summed E-state index contributed by atoms with van der Waals surface area (Å²) in [4.78, 5) is 14.5. The normalized spacial score (nSPS) is 14.0. The Morgan fingerprint density at radius 3 is 2.73 bits per heavy atom. The zero-order valence-corrected chi connectivity index (χ0v) is 18.0. The number of aromatic nitrogens is 2. The van der Waals surface area contributed by atoms with Gasteiger partial charge in [-0.25, -0.2) is 0 Å². The molecule has 1 aromatic heterocycles. The van der Waals surface area contributed by atoms with Crippen LogP contribution in [0.15, 0.2) is 48.7 Å². The number of ether oxygens (including phenoxy) is 2. The molecule has 0 aliphatic carbocycles. The number of hydrogen-bond acceptors (Lipinski definition) is 5. The van der Waals surface area contributed by atoms with Crippen LogP contribution in [-0.4, -0.2) is 36.5 Å². The van der Waals surface area contributed by atoms with Gasteiger partial charge in [0, 0.05) is 35.5 Å². The maximum absolute atomic E-state index is 12.9. The van der Waals surface area contributed by atoms with Crippen LogP contribution in [0.25, 0.3) is 22.9 Å². The SMILES string of the molecule is COc1cc(-c2nn(CCC#N)cc2C=C2C(=O)N(C)c3ccccc32)ccc1OC(F)F. The van der Waals surface area contributed by atoms with E-state index in [1.165, 1.54) is 13.2 Å². The molecule has 0 spiro atoms. The first kappa shape index (κ1) is 22.0. The van der Waals surface area contributed by atoms with Gasteiger partial charge in [0.25, 0.3) is 5.91 Å². The summed E-state index contributed by atoms with van der Waals surface area (Å²) >= 11 is 0. The number of carbonyl (C=O) groups is 1. The zero-order valence-electron chi connectivity index (χ0n) is 18.0. The van der Waals surface area contributed by atoms with Crippen LogP contribution in [0, 0.1) is 11.3 Å². The molecule has 0 unspecified atom stereocenters. The van der Waals surface area contributed by atoms with Crippen molar-refractivity contribution in [3.63, 3.8) is 0 Å². The number of methoxy groups -OCH3 is 1. The molecule has 168 valence electrons. The van der Waals surface area contributed by atoms with Gasteiger partial charge < -0.3 is 14.4 Å². The molecule has 1 aliphatic rings. The molecule has 0 atom stereocenters. The Kier molecular flexibility index (Phi) is 6.09. The number of amides is 1. The first-order valence-electron chi connectivity index (χ1n) is 10.1. The molecule has 4 rings (SSSR count). The van der Waals surface area contributed by atoms with Crippen LogP contribution < -0.4 is 14.4 Å². The lowest BCUT2D eigenvalue weighted by atomic mass is 10.0. The molecule has 1 amide bonds. The fourth-order valence-corrected chi connectivity index (χ4v) is 3.75. The molecule has 3 aromatic rings. The number of halogens is 2. The van der Waals surface area contributed by atoms with Gasteiger partial charge in [-0.2, -0.15) is 19.1 Å². The van der Waals surface area contributed by atoms with Gasteiger partial charge in [-0.05, 0) is 30.3 Å². The summed E-state index contributed by atoms with van der Waals surface area (Å²) in [6.45, 7) is -2.62. The van der Waals surface area contributed by atoms with Crippen LogP contribution in [-0.2, 0) is 11.3 Å². The Morgan fingerprint density at radius 1 is 1.21 bits per heavy atom. The summed E-state index contributed by atoms with van der Waals surface area (Å²) in [6.07, 6.45) is 3.77. The number of rotatable bonds is 7. The average Bonchev–Trinajstić information content (AvgIpc) is 3.32. The van der Waals surface area contributed by atoms with Gasteiger partial charge in [-0.15, -0.1) is 0 Å². The van der Waals surface area contributed by atoms with E-state index in [0.29, 0.717) is 28.9 Å². The third kappa shape index (κ3) is 4.28. The highest BCUT2D eigenvalue weighted by Gasteiger charge is 2.29. The number of aryl methyl sites for hydroxylation is 1. The topological polar surface area (TPSA) is 80.4 Å². The van der Waals surface area contributed by atoms with E-state index in [4.69, 9.17) is 10.00 Å². The standard InChI is InChI=1S/C24H20F2N4O3/c1-29-19-7-4-3-6-17(19)18(23(29)31)12-16-14-30(11-5-10-27)28-22(16)15-8-9-20(33-24(25)26)21(13-15)32-2/h3-4,6-9,12-14,24H,5,11H2,1-2H3. The highest BCUT2D eigenvalue weighted by atomic mass is 19.3. The lowest BCUT2D eigenvalue weighted by Gasteiger charge is -2.11. The van der Waals surface area contributed by atoms with Crippen molar-refractivity contribution >= 4 is 23.2 Å². The van der Waals surface area contributed by atoms with Gasteiger partial charge in [-0.3, -0.25) is 9.48 Å². The van der Waals surface area contributed by atoms with Gasteiger partial charge in [0.2, 0.25) is 0 Å². The second kappa shape index (κ2) is 9.12. The van der Waals surface area contributed by atoms with Crippen molar-refractivity contribution in [2.75, 3.05) is 19.1 Å². The Morgan fingerprint density at radius 2 is 2.00 bits per heavy atom.